The third-order valence-corrected chi connectivity index (χ3v) is 5.04. The molecule has 24 heavy (non-hydrogen) atoms. The molecule has 1 N–H and O–H groups in total. The monoisotopic (exact) mass is 355 g/mol. The highest BCUT2D eigenvalue weighted by Crippen LogP contribution is 2.08. The van der Waals surface area contributed by atoms with Crippen LogP contribution >= 0.6 is 0 Å². The molecule has 0 saturated carbocycles. The maximum Gasteiger partial charge on any atom is 0.409 e. The van der Waals surface area contributed by atoms with Crippen LogP contribution in [0.4, 0.5) is 4.79 Å². The molecule has 1 aromatic rings. The van der Waals surface area contributed by atoms with Gasteiger partial charge >= 0.3 is 6.09 Å². The Bertz CT molecular complexity index is 670. The molecule has 1 saturated heterocycles. The Kier molecular flexibility index (Phi) is 6.16. The van der Waals surface area contributed by atoms with E-state index in [1.165, 1.54) is 21.9 Å². The molecule has 0 bridgehead atoms. The van der Waals surface area contributed by atoms with Crippen molar-refractivity contribution in [3.05, 3.63) is 30.3 Å². The van der Waals surface area contributed by atoms with Gasteiger partial charge in [-0.2, -0.15) is 0 Å². The van der Waals surface area contributed by atoms with Gasteiger partial charge in [0.1, 0.15) is 0 Å². The number of rotatable bonds is 5. The molecular weight excluding hydrogens is 334 g/mol. The molecule has 1 aliphatic rings. The summed E-state index contributed by atoms with van der Waals surface area (Å²) >= 11 is 0. The van der Waals surface area contributed by atoms with E-state index in [1.54, 1.807) is 25.1 Å². The van der Waals surface area contributed by atoms with Gasteiger partial charge in [0.25, 0.3) is 0 Å². The predicted octanol–water partition coefficient (Wildman–Crippen LogP) is 0.266. The van der Waals surface area contributed by atoms with Crippen LogP contribution in [0.5, 0.6) is 0 Å². The summed E-state index contributed by atoms with van der Waals surface area (Å²) in [6, 6.07) is 7.87. The number of amides is 2. The van der Waals surface area contributed by atoms with Crippen molar-refractivity contribution in [2.45, 2.75) is 11.8 Å². The minimum absolute atomic E-state index is 0.116. The second kappa shape index (κ2) is 8.11. The van der Waals surface area contributed by atoms with Gasteiger partial charge in [-0.25, -0.2) is 17.9 Å². The first-order chi connectivity index (χ1) is 11.4. The van der Waals surface area contributed by atoms with E-state index >= 15 is 0 Å². The molecule has 0 aliphatic carbocycles. The van der Waals surface area contributed by atoms with Crippen LogP contribution in [0, 0.1) is 0 Å². The summed E-state index contributed by atoms with van der Waals surface area (Å²) in [7, 11) is -3.71. The fourth-order valence-electron chi connectivity index (χ4n) is 2.30. The van der Waals surface area contributed by atoms with Crippen LogP contribution in [0.25, 0.3) is 0 Å². The normalized spacial score (nSPS) is 15.2. The van der Waals surface area contributed by atoms with Crippen LogP contribution < -0.4 is 4.72 Å². The van der Waals surface area contributed by atoms with Crippen LogP contribution in [0.1, 0.15) is 6.92 Å². The van der Waals surface area contributed by atoms with E-state index in [0.717, 1.165) is 0 Å². The summed E-state index contributed by atoms with van der Waals surface area (Å²) < 4.78 is 31.4. The zero-order valence-corrected chi connectivity index (χ0v) is 14.3. The molecule has 1 fully saturated rings. The van der Waals surface area contributed by atoms with Gasteiger partial charge in [0.05, 0.1) is 18.0 Å². The number of nitrogens with one attached hydrogen (secondary N) is 1. The molecule has 1 heterocycles. The first-order valence-electron chi connectivity index (χ1n) is 7.68. The number of piperazine rings is 1. The van der Waals surface area contributed by atoms with Crippen molar-refractivity contribution < 1.29 is 22.7 Å². The molecule has 0 atom stereocenters. The van der Waals surface area contributed by atoms with Crippen molar-refractivity contribution in [2.24, 2.45) is 0 Å². The zero-order valence-electron chi connectivity index (χ0n) is 13.5. The van der Waals surface area contributed by atoms with Crippen LogP contribution in [0.15, 0.2) is 35.2 Å². The van der Waals surface area contributed by atoms with Crippen molar-refractivity contribution in [3.8, 4) is 0 Å². The van der Waals surface area contributed by atoms with Crippen molar-refractivity contribution >= 4 is 22.0 Å². The molecule has 132 valence electrons. The lowest BCUT2D eigenvalue weighted by atomic mass is 10.3. The second-order valence-electron chi connectivity index (χ2n) is 5.20. The van der Waals surface area contributed by atoms with Gasteiger partial charge in [0.2, 0.25) is 15.9 Å². The van der Waals surface area contributed by atoms with Crippen molar-refractivity contribution in [2.75, 3.05) is 39.3 Å². The summed E-state index contributed by atoms with van der Waals surface area (Å²) in [5.74, 6) is -0.321. The van der Waals surface area contributed by atoms with E-state index < -0.39 is 16.1 Å². The van der Waals surface area contributed by atoms with E-state index in [9.17, 15) is 18.0 Å². The Morgan fingerprint density at radius 2 is 1.67 bits per heavy atom. The fraction of sp³-hybridized carbons (Fsp3) is 0.467. The van der Waals surface area contributed by atoms with E-state index in [1.807, 2.05) is 0 Å². The molecule has 8 nitrogen and oxygen atoms in total. The molecule has 0 unspecified atom stereocenters. The topological polar surface area (TPSA) is 96.0 Å². The maximum absolute atomic E-state index is 12.1. The zero-order chi connectivity index (χ0) is 17.6. The minimum Gasteiger partial charge on any atom is -0.450 e. The molecule has 0 aromatic heterocycles. The Morgan fingerprint density at radius 3 is 2.25 bits per heavy atom. The summed E-state index contributed by atoms with van der Waals surface area (Å²) in [6.45, 7) is 3.17. The van der Waals surface area contributed by atoms with E-state index in [4.69, 9.17) is 4.74 Å². The standard InChI is InChI=1S/C15H21N3O5S/c1-2-23-15(20)18-10-8-17(9-11-18)14(19)12-16-24(21,22)13-6-4-3-5-7-13/h3-7,16H,2,8-12H2,1H3. The van der Waals surface area contributed by atoms with Crippen LogP contribution in [0.3, 0.4) is 0 Å². The number of carbonyl (C=O) groups excluding carboxylic acids is 2. The highest BCUT2D eigenvalue weighted by Gasteiger charge is 2.25. The first kappa shape index (κ1) is 18.2. The summed E-state index contributed by atoms with van der Waals surface area (Å²) in [6.07, 6.45) is -0.394. The molecule has 1 aromatic carbocycles. The van der Waals surface area contributed by atoms with Crippen molar-refractivity contribution in [1.29, 1.82) is 0 Å². The highest BCUT2D eigenvalue weighted by molar-refractivity contribution is 7.89. The number of benzene rings is 1. The fourth-order valence-corrected chi connectivity index (χ4v) is 3.30. The quantitative estimate of drug-likeness (QED) is 0.818. The Balaban J connectivity index is 1.83. The van der Waals surface area contributed by atoms with E-state index in [0.29, 0.717) is 32.8 Å². The largest absolute Gasteiger partial charge is 0.450 e. The van der Waals surface area contributed by atoms with E-state index in [-0.39, 0.29) is 17.3 Å². The third-order valence-electron chi connectivity index (χ3n) is 3.63. The number of hydrogen-bond acceptors (Lipinski definition) is 5. The second-order valence-corrected chi connectivity index (χ2v) is 6.97. The summed E-state index contributed by atoms with van der Waals surface area (Å²) in [5, 5.41) is 0. The van der Waals surface area contributed by atoms with Gasteiger partial charge in [-0.1, -0.05) is 18.2 Å². The van der Waals surface area contributed by atoms with Gasteiger partial charge < -0.3 is 14.5 Å². The van der Waals surface area contributed by atoms with Gasteiger partial charge in [0.15, 0.2) is 0 Å². The Morgan fingerprint density at radius 1 is 1.08 bits per heavy atom. The number of hydrogen-bond donors (Lipinski definition) is 1. The van der Waals surface area contributed by atoms with Gasteiger partial charge in [-0.15, -0.1) is 0 Å². The number of carbonyl (C=O) groups is 2. The van der Waals surface area contributed by atoms with Gasteiger partial charge in [0, 0.05) is 26.2 Å². The maximum atomic E-state index is 12.1. The van der Waals surface area contributed by atoms with Crippen LogP contribution in [-0.2, 0) is 19.6 Å². The Labute approximate surface area is 141 Å². The molecule has 1 aliphatic heterocycles. The van der Waals surface area contributed by atoms with Gasteiger partial charge in [-0.05, 0) is 19.1 Å². The van der Waals surface area contributed by atoms with Crippen LogP contribution in [0.2, 0.25) is 0 Å². The number of sulfonamides is 1. The molecular formula is C15H21N3O5S. The lowest BCUT2D eigenvalue weighted by Gasteiger charge is -2.34. The average Bonchev–Trinajstić information content (AvgIpc) is 2.61. The summed E-state index contributed by atoms with van der Waals surface area (Å²) in [5.41, 5.74) is 0. The van der Waals surface area contributed by atoms with Crippen molar-refractivity contribution in [1.82, 2.24) is 14.5 Å². The molecule has 2 amide bonds. The Hall–Kier alpha value is -2.13. The molecule has 0 spiro atoms. The van der Waals surface area contributed by atoms with E-state index in [2.05, 4.69) is 4.72 Å². The molecule has 0 radical (unpaired) electrons. The number of nitrogens with zero attached hydrogens (tertiary/aromatic N) is 2. The smallest absolute Gasteiger partial charge is 0.409 e. The van der Waals surface area contributed by atoms with Gasteiger partial charge in [-0.3, -0.25) is 4.79 Å². The molecule has 2 rings (SSSR count). The average molecular weight is 355 g/mol. The lowest BCUT2D eigenvalue weighted by Crippen LogP contribution is -2.52. The summed E-state index contributed by atoms with van der Waals surface area (Å²) in [4.78, 5) is 26.9. The predicted molar refractivity (Wildman–Crippen MR) is 86.8 cm³/mol. The minimum atomic E-state index is -3.71. The number of ether oxygens (including phenoxy) is 1. The van der Waals surface area contributed by atoms with Crippen molar-refractivity contribution in [3.63, 3.8) is 0 Å². The third kappa shape index (κ3) is 4.68. The van der Waals surface area contributed by atoms with Crippen LogP contribution in [-0.4, -0.2) is 69.5 Å². The SMILES string of the molecule is CCOC(=O)N1CCN(C(=O)CNS(=O)(=O)c2ccccc2)CC1. The highest BCUT2D eigenvalue weighted by atomic mass is 32.2. The first-order valence-corrected chi connectivity index (χ1v) is 9.16. The molecule has 9 heteroatoms. The lowest BCUT2D eigenvalue weighted by molar-refractivity contribution is -0.131.